The van der Waals surface area contributed by atoms with E-state index >= 15 is 0 Å². The first-order valence-electron chi connectivity index (χ1n) is 10.1. The summed E-state index contributed by atoms with van der Waals surface area (Å²) in [6.45, 7) is 0.771. The second-order valence-electron chi connectivity index (χ2n) is 8.07. The lowest BCUT2D eigenvalue weighted by Gasteiger charge is -2.40. The van der Waals surface area contributed by atoms with Gasteiger partial charge in [-0.1, -0.05) is 0 Å². The molecule has 1 fully saturated rings. The highest BCUT2D eigenvalue weighted by Crippen LogP contribution is 2.53. The van der Waals surface area contributed by atoms with Crippen molar-refractivity contribution in [3.63, 3.8) is 0 Å². The number of piperidine rings is 1. The minimum atomic E-state index is -2.64. The second kappa shape index (κ2) is 7.05. The SMILES string of the molecule is COc1cc(F)c2c(c1)C1(COCC(N)=N1)c1cc(N3CCC(F)(F)CC3)ccc1O2. The van der Waals surface area contributed by atoms with Crippen molar-refractivity contribution in [3.05, 3.63) is 47.3 Å². The molecule has 6 nitrogen and oxygen atoms in total. The van der Waals surface area contributed by atoms with Crippen LogP contribution in [0.3, 0.4) is 0 Å². The number of benzene rings is 2. The summed E-state index contributed by atoms with van der Waals surface area (Å²) < 4.78 is 59.0. The molecule has 2 aromatic rings. The minimum Gasteiger partial charge on any atom is -0.497 e. The number of hydrogen-bond donors (Lipinski definition) is 1. The average molecular weight is 433 g/mol. The van der Waals surface area contributed by atoms with Crippen LogP contribution in [0.4, 0.5) is 18.9 Å². The second-order valence-corrected chi connectivity index (χ2v) is 8.07. The molecule has 31 heavy (non-hydrogen) atoms. The van der Waals surface area contributed by atoms with E-state index in [9.17, 15) is 13.2 Å². The molecule has 0 bridgehead atoms. The fourth-order valence-corrected chi connectivity index (χ4v) is 4.46. The first kappa shape index (κ1) is 20.0. The van der Waals surface area contributed by atoms with Crippen molar-refractivity contribution < 1.29 is 27.4 Å². The third kappa shape index (κ3) is 3.27. The molecule has 2 aromatic carbocycles. The summed E-state index contributed by atoms with van der Waals surface area (Å²) in [7, 11) is 1.45. The van der Waals surface area contributed by atoms with Gasteiger partial charge in [-0.3, -0.25) is 4.99 Å². The van der Waals surface area contributed by atoms with Crippen LogP contribution >= 0.6 is 0 Å². The first-order valence-corrected chi connectivity index (χ1v) is 10.1. The lowest BCUT2D eigenvalue weighted by atomic mass is 9.80. The summed E-state index contributed by atoms with van der Waals surface area (Å²) in [6.07, 6.45) is -0.406. The topological polar surface area (TPSA) is 69.3 Å². The van der Waals surface area contributed by atoms with E-state index in [0.717, 1.165) is 5.69 Å². The summed E-state index contributed by atoms with van der Waals surface area (Å²) in [4.78, 5) is 6.62. The van der Waals surface area contributed by atoms with E-state index in [1.807, 2.05) is 11.0 Å². The van der Waals surface area contributed by atoms with Crippen LogP contribution in [0.5, 0.6) is 17.2 Å². The van der Waals surface area contributed by atoms with Gasteiger partial charge in [0.2, 0.25) is 0 Å². The number of alkyl halides is 2. The van der Waals surface area contributed by atoms with E-state index in [4.69, 9.17) is 24.9 Å². The molecule has 2 N–H and O–H groups in total. The predicted octanol–water partition coefficient (Wildman–Crippen LogP) is 3.81. The number of hydrogen-bond acceptors (Lipinski definition) is 6. The lowest BCUT2D eigenvalue weighted by Crippen LogP contribution is -2.43. The zero-order chi connectivity index (χ0) is 21.8. The maximum Gasteiger partial charge on any atom is 0.251 e. The number of halogens is 3. The largest absolute Gasteiger partial charge is 0.497 e. The molecule has 0 radical (unpaired) electrons. The fraction of sp³-hybridized carbons (Fsp3) is 0.409. The van der Waals surface area contributed by atoms with Gasteiger partial charge in [-0.05, 0) is 24.3 Å². The van der Waals surface area contributed by atoms with Gasteiger partial charge < -0.3 is 24.8 Å². The van der Waals surface area contributed by atoms with E-state index in [1.165, 1.54) is 13.2 Å². The summed E-state index contributed by atoms with van der Waals surface area (Å²) >= 11 is 0. The van der Waals surface area contributed by atoms with Crippen LogP contribution in [0, 0.1) is 5.82 Å². The van der Waals surface area contributed by atoms with Crippen molar-refractivity contribution in [3.8, 4) is 17.2 Å². The van der Waals surface area contributed by atoms with Gasteiger partial charge in [0.25, 0.3) is 5.92 Å². The summed E-state index contributed by atoms with van der Waals surface area (Å²) in [5.74, 6) is -2.17. The Morgan fingerprint density at radius 2 is 1.90 bits per heavy atom. The molecular formula is C22H22F3N3O3. The van der Waals surface area contributed by atoms with Crippen LogP contribution in [0.25, 0.3) is 0 Å². The standard InChI is InChI=1S/C22H22F3N3O3/c1-29-14-9-16-20(17(23)10-14)31-18-3-2-13(28-6-4-21(24,25)5-7-28)8-15(18)22(16)12-30-11-19(26)27-22/h2-3,8-10H,4-7,11-12H2,1H3,(H2,26,27). The minimum absolute atomic E-state index is 0.0423. The van der Waals surface area contributed by atoms with E-state index in [-0.39, 0.29) is 50.7 Å². The van der Waals surface area contributed by atoms with Crippen LogP contribution < -0.4 is 20.1 Å². The molecule has 0 aromatic heterocycles. The Morgan fingerprint density at radius 1 is 1.13 bits per heavy atom. The number of aliphatic imine (C=N–C) groups is 1. The number of fused-ring (bicyclic) bond motifs is 4. The van der Waals surface area contributed by atoms with Gasteiger partial charge in [0.15, 0.2) is 11.6 Å². The Morgan fingerprint density at radius 3 is 2.61 bits per heavy atom. The lowest BCUT2D eigenvalue weighted by molar-refractivity contribution is -0.0220. The molecule has 0 saturated carbocycles. The Kier molecular flexibility index (Phi) is 4.55. The number of nitrogens with zero attached hydrogens (tertiary/aromatic N) is 2. The van der Waals surface area contributed by atoms with Crippen LogP contribution in [0.2, 0.25) is 0 Å². The average Bonchev–Trinajstić information content (AvgIpc) is 2.74. The Labute approximate surface area is 177 Å². The number of methoxy groups -OCH3 is 1. The monoisotopic (exact) mass is 433 g/mol. The molecule has 164 valence electrons. The molecular weight excluding hydrogens is 411 g/mol. The smallest absolute Gasteiger partial charge is 0.251 e. The molecule has 3 aliphatic heterocycles. The molecule has 1 spiro atoms. The molecule has 0 aliphatic carbocycles. The molecule has 1 atom stereocenters. The van der Waals surface area contributed by atoms with Gasteiger partial charge in [-0.25, -0.2) is 13.2 Å². The van der Waals surface area contributed by atoms with E-state index in [0.29, 0.717) is 22.6 Å². The number of rotatable bonds is 2. The summed E-state index contributed by atoms with van der Waals surface area (Å²) in [5.41, 5.74) is 6.77. The van der Waals surface area contributed by atoms with Gasteiger partial charge in [-0.2, -0.15) is 0 Å². The van der Waals surface area contributed by atoms with Crippen molar-refractivity contribution in [2.24, 2.45) is 10.7 Å². The molecule has 3 aliphatic rings. The molecule has 5 rings (SSSR count). The highest BCUT2D eigenvalue weighted by molar-refractivity contribution is 5.84. The van der Waals surface area contributed by atoms with Crippen molar-refractivity contribution in [1.29, 1.82) is 0 Å². The number of ether oxygens (including phenoxy) is 3. The van der Waals surface area contributed by atoms with Gasteiger partial charge in [0, 0.05) is 48.8 Å². The zero-order valence-electron chi connectivity index (χ0n) is 17.0. The molecule has 0 amide bonds. The van der Waals surface area contributed by atoms with Crippen LogP contribution in [0.15, 0.2) is 35.3 Å². The van der Waals surface area contributed by atoms with Gasteiger partial charge in [-0.15, -0.1) is 0 Å². The van der Waals surface area contributed by atoms with E-state index < -0.39 is 17.3 Å². The van der Waals surface area contributed by atoms with Gasteiger partial charge >= 0.3 is 0 Å². The molecule has 9 heteroatoms. The maximum absolute atomic E-state index is 14.9. The van der Waals surface area contributed by atoms with E-state index in [2.05, 4.69) is 0 Å². The van der Waals surface area contributed by atoms with Crippen molar-refractivity contribution in [2.45, 2.75) is 24.3 Å². The quantitative estimate of drug-likeness (QED) is 0.780. The third-order valence-corrected chi connectivity index (χ3v) is 6.07. The van der Waals surface area contributed by atoms with Gasteiger partial charge in [0.05, 0.1) is 13.7 Å². The predicted molar refractivity (Wildman–Crippen MR) is 109 cm³/mol. The molecule has 1 unspecified atom stereocenters. The number of anilines is 1. The summed E-state index contributed by atoms with van der Waals surface area (Å²) in [5, 5.41) is 0. The van der Waals surface area contributed by atoms with E-state index in [1.54, 1.807) is 18.2 Å². The van der Waals surface area contributed by atoms with Crippen LogP contribution in [0.1, 0.15) is 24.0 Å². The normalized spacial score (nSPS) is 24.1. The van der Waals surface area contributed by atoms with Gasteiger partial charge in [0.1, 0.15) is 29.5 Å². The van der Waals surface area contributed by atoms with Crippen molar-refractivity contribution in [2.75, 3.05) is 38.3 Å². The Bertz CT molecular complexity index is 1070. The maximum atomic E-state index is 14.9. The van der Waals surface area contributed by atoms with Crippen LogP contribution in [-0.2, 0) is 10.3 Å². The first-order chi connectivity index (χ1) is 14.8. The molecule has 3 heterocycles. The highest BCUT2D eigenvalue weighted by Gasteiger charge is 2.46. The Hall–Kier alpha value is -2.94. The fourth-order valence-electron chi connectivity index (χ4n) is 4.46. The van der Waals surface area contributed by atoms with Crippen molar-refractivity contribution in [1.82, 2.24) is 0 Å². The summed E-state index contributed by atoms with van der Waals surface area (Å²) in [6, 6.07) is 8.27. The molecule has 1 saturated heterocycles. The third-order valence-electron chi connectivity index (χ3n) is 6.07. The van der Waals surface area contributed by atoms with Crippen molar-refractivity contribution >= 4 is 11.5 Å². The number of nitrogens with two attached hydrogens (primary N) is 1. The number of amidine groups is 1. The zero-order valence-corrected chi connectivity index (χ0v) is 17.0. The highest BCUT2D eigenvalue weighted by atomic mass is 19.3. The Balaban J connectivity index is 1.65. The van der Waals surface area contributed by atoms with Crippen LogP contribution in [-0.4, -0.2) is 45.2 Å².